The third kappa shape index (κ3) is 9.64. The summed E-state index contributed by atoms with van der Waals surface area (Å²) in [6, 6.07) is 43.2. The summed E-state index contributed by atoms with van der Waals surface area (Å²) in [5.41, 5.74) is 4.52. The normalized spacial score (nSPS) is 10.4. The number of carbonyl (C=O) groups excluding carboxylic acids is 1. The highest BCUT2D eigenvalue weighted by atomic mass is 16.5. The largest absolute Gasteiger partial charge is 0.423 e. The molecule has 0 aliphatic carbocycles. The molecule has 0 fully saturated rings. The van der Waals surface area contributed by atoms with Crippen LogP contribution < -0.4 is 36.6 Å². The molecule has 2 heterocycles. The molecule has 53 heavy (non-hydrogen) atoms. The van der Waals surface area contributed by atoms with Crippen LogP contribution in [0.2, 0.25) is 0 Å². The lowest BCUT2D eigenvalue weighted by Gasteiger charge is -2.13. The van der Waals surface area contributed by atoms with Crippen LogP contribution in [0.25, 0.3) is 0 Å². The van der Waals surface area contributed by atoms with Crippen molar-refractivity contribution in [3.05, 3.63) is 152 Å². The van der Waals surface area contributed by atoms with E-state index in [2.05, 4.69) is 68.4 Å². The van der Waals surface area contributed by atoms with E-state index >= 15 is 0 Å². The van der Waals surface area contributed by atoms with Gasteiger partial charge in [-0.3, -0.25) is 0 Å². The number of anilines is 12. The van der Waals surface area contributed by atoms with E-state index in [1.807, 2.05) is 115 Å². The van der Waals surface area contributed by atoms with Crippen LogP contribution in [-0.2, 0) is 4.79 Å². The van der Waals surface area contributed by atoms with Crippen LogP contribution in [0.4, 0.5) is 69.8 Å². The number of para-hydroxylation sites is 3. The minimum Gasteiger partial charge on any atom is -0.423 e. The molecule has 0 radical (unpaired) electrons. The maximum absolute atomic E-state index is 11.6. The first-order valence-electron chi connectivity index (χ1n) is 16.4. The van der Waals surface area contributed by atoms with Gasteiger partial charge in [0.15, 0.2) is 0 Å². The van der Waals surface area contributed by atoms with E-state index in [0.29, 0.717) is 46.6 Å². The molecule has 14 nitrogen and oxygen atoms in total. The van der Waals surface area contributed by atoms with Gasteiger partial charge in [-0.05, 0) is 78.9 Å². The maximum Gasteiger partial charge on any atom is 0.335 e. The van der Waals surface area contributed by atoms with E-state index in [1.165, 1.54) is 0 Å². The topological polar surface area (TPSA) is 176 Å². The van der Waals surface area contributed by atoms with Gasteiger partial charge in [-0.25, -0.2) is 4.79 Å². The highest BCUT2D eigenvalue weighted by molar-refractivity contribution is 5.83. The number of benzene rings is 5. The van der Waals surface area contributed by atoms with Crippen molar-refractivity contribution in [2.75, 3.05) is 31.9 Å². The van der Waals surface area contributed by atoms with Gasteiger partial charge < -0.3 is 36.6 Å². The first-order valence-corrected chi connectivity index (χ1v) is 16.4. The second-order valence-corrected chi connectivity index (χ2v) is 11.2. The number of hydrogen-bond acceptors (Lipinski definition) is 14. The highest BCUT2D eigenvalue weighted by Crippen LogP contribution is 2.26. The fraction of sp³-hybridized carbons (Fsp3) is 0. The second kappa shape index (κ2) is 16.2. The molecule has 0 aliphatic heterocycles. The molecule has 0 spiro atoms. The quantitative estimate of drug-likeness (QED) is 0.0361. The summed E-state index contributed by atoms with van der Waals surface area (Å²) in [5, 5.41) is 19.5. The molecule has 260 valence electrons. The minimum absolute atomic E-state index is 0.271. The highest BCUT2D eigenvalue weighted by Gasteiger charge is 2.12. The van der Waals surface area contributed by atoms with Crippen molar-refractivity contribution >= 4 is 75.8 Å². The summed E-state index contributed by atoms with van der Waals surface area (Å²) >= 11 is 0. The van der Waals surface area contributed by atoms with Gasteiger partial charge in [0.2, 0.25) is 35.7 Å². The maximum atomic E-state index is 11.6. The summed E-state index contributed by atoms with van der Waals surface area (Å²) in [4.78, 5) is 39.2. The van der Waals surface area contributed by atoms with E-state index < -0.39 is 5.97 Å². The van der Waals surface area contributed by atoms with Crippen LogP contribution in [0, 0.1) is 0 Å². The van der Waals surface area contributed by atoms with Crippen LogP contribution >= 0.6 is 0 Å². The van der Waals surface area contributed by atoms with Gasteiger partial charge in [-0.15, -0.1) is 0 Å². The number of carbonyl (C=O) groups is 1. The zero-order valence-corrected chi connectivity index (χ0v) is 28.1. The molecule has 7 rings (SSSR count). The smallest absolute Gasteiger partial charge is 0.335 e. The summed E-state index contributed by atoms with van der Waals surface area (Å²) in [5.74, 6) is 1.73. The van der Waals surface area contributed by atoms with Crippen molar-refractivity contribution in [1.82, 2.24) is 29.9 Å². The Bertz CT molecular complexity index is 2250. The third-order valence-electron chi connectivity index (χ3n) is 7.23. The first-order chi connectivity index (χ1) is 26.0. The predicted octanol–water partition coefficient (Wildman–Crippen LogP) is 8.61. The van der Waals surface area contributed by atoms with Crippen LogP contribution in [0.3, 0.4) is 0 Å². The first kappa shape index (κ1) is 33.6. The van der Waals surface area contributed by atoms with E-state index in [1.54, 1.807) is 24.3 Å². The number of hydrogen-bond donors (Lipinski definition) is 6. The Labute approximate surface area is 304 Å². The van der Waals surface area contributed by atoms with E-state index in [0.717, 1.165) is 23.1 Å². The van der Waals surface area contributed by atoms with Gasteiger partial charge in [0.25, 0.3) is 0 Å². The molecule has 6 N–H and O–H groups in total. The van der Waals surface area contributed by atoms with Gasteiger partial charge in [0.1, 0.15) is 5.75 Å². The Morgan fingerprint density at radius 2 is 0.717 bits per heavy atom. The lowest BCUT2D eigenvalue weighted by molar-refractivity contribution is -0.128. The van der Waals surface area contributed by atoms with Gasteiger partial charge in [0, 0.05) is 40.2 Å². The lowest BCUT2D eigenvalue weighted by Crippen LogP contribution is -2.08. The van der Waals surface area contributed by atoms with E-state index in [4.69, 9.17) is 4.74 Å². The molecule has 0 saturated heterocycles. The van der Waals surface area contributed by atoms with Crippen LogP contribution in [0.15, 0.2) is 152 Å². The van der Waals surface area contributed by atoms with Gasteiger partial charge in [-0.1, -0.05) is 67.2 Å². The number of ether oxygens (including phenoxy) is 1. The van der Waals surface area contributed by atoms with Crippen molar-refractivity contribution in [2.24, 2.45) is 0 Å². The summed E-state index contributed by atoms with van der Waals surface area (Å²) in [6.07, 6.45) is 1.10. The Hall–Kier alpha value is -7.87. The minimum atomic E-state index is -0.544. The van der Waals surface area contributed by atoms with E-state index in [9.17, 15) is 4.79 Å². The summed E-state index contributed by atoms with van der Waals surface area (Å²) in [6.45, 7) is 3.42. The Kier molecular flexibility index (Phi) is 10.3. The van der Waals surface area contributed by atoms with Crippen molar-refractivity contribution < 1.29 is 9.53 Å². The number of rotatable bonds is 14. The van der Waals surface area contributed by atoms with Gasteiger partial charge >= 0.3 is 5.97 Å². The van der Waals surface area contributed by atoms with Gasteiger partial charge in [-0.2, -0.15) is 29.9 Å². The lowest BCUT2D eigenvalue weighted by atomic mass is 10.3. The molecular weight excluding hydrogens is 669 g/mol. The molecule has 7 aromatic rings. The van der Waals surface area contributed by atoms with Crippen LogP contribution in [0.5, 0.6) is 5.75 Å². The Balaban J connectivity index is 1.13. The molecule has 2 aromatic heterocycles. The van der Waals surface area contributed by atoms with Crippen molar-refractivity contribution in [1.29, 1.82) is 0 Å². The second-order valence-electron chi connectivity index (χ2n) is 11.2. The molecule has 14 heteroatoms. The van der Waals surface area contributed by atoms with E-state index in [-0.39, 0.29) is 11.9 Å². The molecule has 0 amide bonds. The SMILES string of the molecule is C=CC(=O)Oc1ccc(Nc2nc(Nc3ccccc3)nc(Nc3cccc(Nc4nc(Nc5ccccc5)nc(Nc5ccccc5)n4)c3)n2)cc1. The van der Waals surface area contributed by atoms with Crippen molar-refractivity contribution in [2.45, 2.75) is 0 Å². The zero-order valence-electron chi connectivity index (χ0n) is 28.1. The predicted molar refractivity (Wildman–Crippen MR) is 207 cm³/mol. The standard InChI is InChI=1S/C39H32N12O2/c1-2-33(52)53-32-23-21-29(22-24-32)43-37-47-36(42-28-17-10-5-11-18-28)50-39(51-37)45-31-20-12-19-30(25-31)44-38-48-34(40-26-13-6-3-7-14-26)46-35(49-38)41-27-15-8-4-9-16-27/h2-25H,1H2,(H3,40,41,44,46,48,49)(H3,42,43,45,47,50,51). The fourth-order valence-corrected chi connectivity index (χ4v) is 4.87. The molecular formula is C39H32N12O2. The summed E-state index contributed by atoms with van der Waals surface area (Å²) in [7, 11) is 0. The van der Waals surface area contributed by atoms with Crippen molar-refractivity contribution in [3.63, 3.8) is 0 Å². The monoisotopic (exact) mass is 700 g/mol. The van der Waals surface area contributed by atoms with Crippen molar-refractivity contribution in [3.8, 4) is 5.75 Å². The molecule has 0 aliphatic rings. The molecule has 0 saturated carbocycles. The average Bonchev–Trinajstić information content (AvgIpc) is 3.17. The zero-order chi connectivity index (χ0) is 36.2. The molecule has 0 bridgehead atoms. The third-order valence-corrected chi connectivity index (χ3v) is 7.23. The number of nitrogens with zero attached hydrogens (tertiary/aromatic N) is 6. The number of esters is 1. The van der Waals surface area contributed by atoms with Gasteiger partial charge in [0.05, 0.1) is 0 Å². The molecule has 0 atom stereocenters. The fourth-order valence-electron chi connectivity index (χ4n) is 4.87. The Morgan fingerprint density at radius 1 is 0.415 bits per heavy atom. The summed E-state index contributed by atoms with van der Waals surface area (Å²) < 4.78 is 5.18. The molecule has 0 unspecified atom stereocenters. The Morgan fingerprint density at radius 3 is 1.06 bits per heavy atom. The van der Waals surface area contributed by atoms with Crippen LogP contribution in [0.1, 0.15) is 0 Å². The average molecular weight is 701 g/mol. The molecule has 5 aromatic carbocycles. The number of aromatic nitrogens is 6. The van der Waals surface area contributed by atoms with Crippen LogP contribution in [-0.4, -0.2) is 35.9 Å². The number of nitrogens with one attached hydrogen (secondary N) is 6.